The second-order valence-electron chi connectivity index (χ2n) is 5.92. The van der Waals surface area contributed by atoms with Gasteiger partial charge in [0.1, 0.15) is 16.9 Å². The number of aryl methyl sites for hydroxylation is 2. The van der Waals surface area contributed by atoms with Gasteiger partial charge in [-0.3, -0.25) is 4.79 Å². The Morgan fingerprint density at radius 1 is 1.28 bits per heavy atom. The fourth-order valence-corrected chi connectivity index (χ4v) is 3.72. The van der Waals surface area contributed by atoms with E-state index in [9.17, 15) is 14.4 Å². The first-order chi connectivity index (χ1) is 12.2. The Labute approximate surface area is 150 Å². The highest BCUT2D eigenvalue weighted by atomic mass is 32.2. The number of carbonyl (C=O) groups is 1. The predicted molar refractivity (Wildman–Crippen MR) is 96.0 cm³/mol. The van der Waals surface area contributed by atoms with Crippen molar-refractivity contribution in [1.29, 1.82) is 5.26 Å². The van der Waals surface area contributed by atoms with E-state index in [0.717, 1.165) is 31.4 Å². The molecule has 1 heterocycles. The van der Waals surface area contributed by atoms with E-state index >= 15 is 0 Å². The van der Waals surface area contributed by atoms with Crippen LogP contribution in [0.5, 0.6) is 0 Å². The molecule has 128 valence electrons. The van der Waals surface area contributed by atoms with Crippen molar-refractivity contribution in [1.82, 2.24) is 4.98 Å². The molecule has 0 radical (unpaired) electrons. The van der Waals surface area contributed by atoms with Crippen molar-refractivity contribution in [2.75, 3.05) is 11.1 Å². The number of benzene rings is 1. The summed E-state index contributed by atoms with van der Waals surface area (Å²) in [5.74, 6) is 0.0553. The normalized spacial score (nSPS) is 13.0. The summed E-state index contributed by atoms with van der Waals surface area (Å²) in [6, 6.07) is 9.82. The van der Waals surface area contributed by atoms with Crippen LogP contribution in [-0.2, 0) is 17.6 Å². The molecule has 1 aliphatic rings. The first-order valence-corrected chi connectivity index (χ1v) is 9.25. The van der Waals surface area contributed by atoms with Gasteiger partial charge in [-0.25, -0.2) is 9.37 Å². The van der Waals surface area contributed by atoms with Crippen LogP contribution in [0.4, 0.5) is 10.1 Å². The van der Waals surface area contributed by atoms with Gasteiger partial charge in [-0.05, 0) is 61.6 Å². The van der Waals surface area contributed by atoms with Gasteiger partial charge in [0.05, 0.1) is 5.56 Å². The molecule has 1 N–H and O–H groups in total. The second-order valence-corrected chi connectivity index (χ2v) is 7.00. The van der Waals surface area contributed by atoms with Gasteiger partial charge in [-0.1, -0.05) is 0 Å². The molecule has 4 nitrogen and oxygen atoms in total. The van der Waals surface area contributed by atoms with Gasteiger partial charge in [-0.15, -0.1) is 11.8 Å². The fraction of sp³-hybridized carbons (Fsp3) is 0.316. The number of hydrogen-bond donors (Lipinski definition) is 1. The number of fused-ring (bicyclic) bond motifs is 1. The maximum absolute atomic E-state index is 12.9. The Hall–Kier alpha value is -2.39. The Morgan fingerprint density at radius 2 is 2.04 bits per heavy atom. The molecule has 1 amide bonds. The van der Waals surface area contributed by atoms with Crippen molar-refractivity contribution < 1.29 is 9.18 Å². The molecule has 25 heavy (non-hydrogen) atoms. The zero-order valence-electron chi connectivity index (χ0n) is 13.7. The summed E-state index contributed by atoms with van der Waals surface area (Å²) in [5.41, 5.74) is 3.43. The Kier molecular flexibility index (Phi) is 5.67. The van der Waals surface area contributed by atoms with Gasteiger partial charge in [0, 0.05) is 23.6 Å². The maximum atomic E-state index is 12.9. The summed E-state index contributed by atoms with van der Waals surface area (Å²) >= 11 is 1.43. The minimum Gasteiger partial charge on any atom is -0.326 e. The average molecular weight is 355 g/mol. The molecule has 1 aromatic carbocycles. The van der Waals surface area contributed by atoms with Crippen LogP contribution in [0.25, 0.3) is 0 Å². The van der Waals surface area contributed by atoms with Crippen molar-refractivity contribution in [2.24, 2.45) is 0 Å². The molecule has 0 fully saturated rings. The van der Waals surface area contributed by atoms with Gasteiger partial charge in [0.25, 0.3) is 0 Å². The van der Waals surface area contributed by atoms with Gasteiger partial charge in [0.15, 0.2) is 0 Å². The lowest BCUT2D eigenvalue weighted by Gasteiger charge is -2.16. The van der Waals surface area contributed by atoms with Crippen LogP contribution in [-0.4, -0.2) is 16.6 Å². The number of halogens is 1. The van der Waals surface area contributed by atoms with Crippen molar-refractivity contribution in [2.45, 2.75) is 37.1 Å². The molecule has 0 bridgehead atoms. The van der Waals surface area contributed by atoms with Gasteiger partial charge in [0.2, 0.25) is 5.91 Å². The van der Waals surface area contributed by atoms with Crippen molar-refractivity contribution in [3.8, 4) is 6.07 Å². The van der Waals surface area contributed by atoms with Crippen LogP contribution in [0, 0.1) is 17.1 Å². The van der Waals surface area contributed by atoms with E-state index in [1.807, 2.05) is 6.07 Å². The number of nitriles is 1. The van der Waals surface area contributed by atoms with Crippen molar-refractivity contribution in [3.05, 3.63) is 53.0 Å². The topological polar surface area (TPSA) is 65.8 Å². The second kappa shape index (κ2) is 8.13. The lowest BCUT2D eigenvalue weighted by atomic mass is 9.95. The summed E-state index contributed by atoms with van der Waals surface area (Å²) in [7, 11) is 0. The van der Waals surface area contributed by atoms with E-state index in [2.05, 4.69) is 16.4 Å². The summed E-state index contributed by atoms with van der Waals surface area (Å²) in [6.07, 6.45) is 4.53. The number of thioether (sulfide) groups is 1. The highest BCUT2D eigenvalue weighted by molar-refractivity contribution is 7.99. The SMILES string of the molecule is N#Cc1cc2c(nc1SCCC(=O)Nc1ccc(F)cc1)CCCC2. The number of pyridine rings is 1. The maximum Gasteiger partial charge on any atom is 0.225 e. The average Bonchev–Trinajstić information content (AvgIpc) is 2.63. The number of hydrogen-bond acceptors (Lipinski definition) is 4. The Bertz CT molecular complexity index is 815. The Morgan fingerprint density at radius 3 is 2.80 bits per heavy atom. The number of carbonyl (C=O) groups excluding carboxylic acids is 1. The first kappa shape index (κ1) is 17.4. The molecule has 0 saturated carbocycles. The Balaban J connectivity index is 1.57. The van der Waals surface area contributed by atoms with E-state index in [1.165, 1.54) is 41.6 Å². The van der Waals surface area contributed by atoms with Gasteiger partial charge >= 0.3 is 0 Å². The third-order valence-electron chi connectivity index (χ3n) is 4.08. The van der Waals surface area contributed by atoms with E-state index in [4.69, 9.17) is 0 Å². The zero-order chi connectivity index (χ0) is 17.6. The molecule has 3 rings (SSSR count). The third kappa shape index (κ3) is 4.58. The smallest absolute Gasteiger partial charge is 0.225 e. The highest BCUT2D eigenvalue weighted by Gasteiger charge is 2.15. The number of aromatic nitrogens is 1. The molecule has 2 aromatic rings. The molecule has 0 unspecified atom stereocenters. The van der Waals surface area contributed by atoms with E-state index in [0.29, 0.717) is 28.5 Å². The fourth-order valence-electron chi connectivity index (χ4n) is 2.80. The summed E-state index contributed by atoms with van der Waals surface area (Å²) in [4.78, 5) is 16.6. The van der Waals surface area contributed by atoms with E-state index in [1.54, 1.807) is 0 Å². The van der Waals surface area contributed by atoms with Crippen LogP contribution in [0.1, 0.15) is 36.1 Å². The van der Waals surface area contributed by atoms with Crippen molar-refractivity contribution >= 4 is 23.4 Å². The standard InChI is InChI=1S/C19H18FN3OS/c20-15-5-7-16(8-6-15)22-18(24)9-10-25-19-14(12-21)11-13-3-1-2-4-17(13)23-19/h5-8,11H,1-4,9-10H2,(H,22,24). The molecule has 0 aliphatic heterocycles. The number of nitrogens with zero attached hydrogens (tertiary/aromatic N) is 2. The molecule has 0 saturated heterocycles. The molecule has 6 heteroatoms. The summed E-state index contributed by atoms with van der Waals surface area (Å²) in [6.45, 7) is 0. The molecule has 1 aliphatic carbocycles. The minimum absolute atomic E-state index is 0.143. The van der Waals surface area contributed by atoms with Crippen LogP contribution >= 0.6 is 11.8 Å². The summed E-state index contributed by atoms with van der Waals surface area (Å²) < 4.78 is 12.9. The monoisotopic (exact) mass is 355 g/mol. The predicted octanol–water partition coefficient (Wildman–Crippen LogP) is 4.09. The van der Waals surface area contributed by atoms with E-state index in [-0.39, 0.29) is 11.7 Å². The van der Waals surface area contributed by atoms with Crippen LogP contribution in [0.3, 0.4) is 0 Å². The first-order valence-electron chi connectivity index (χ1n) is 8.27. The van der Waals surface area contributed by atoms with Gasteiger partial charge < -0.3 is 5.32 Å². The van der Waals surface area contributed by atoms with Crippen molar-refractivity contribution in [3.63, 3.8) is 0 Å². The van der Waals surface area contributed by atoms with Crippen LogP contribution in [0.2, 0.25) is 0 Å². The largest absolute Gasteiger partial charge is 0.326 e. The molecule has 0 atom stereocenters. The lowest BCUT2D eigenvalue weighted by molar-refractivity contribution is -0.115. The third-order valence-corrected chi connectivity index (χ3v) is 5.08. The van der Waals surface area contributed by atoms with Crippen LogP contribution in [0.15, 0.2) is 35.4 Å². The van der Waals surface area contributed by atoms with Crippen LogP contribution < -0.4 is 5.32 Å². The number of nitrogens with one attached hydrogen (secondary N) is 1. The van der Waals surface area contributed by atoms with E-state index < -0.39 is 0 Å². The minimum atomic E-state index is -0.337. The number of rotatable bonds is 5. The summed E-state index contributed by atoms with van der Waals surface area (Å²) in [5, 5.41) is 12.8. The molecule has 1 aromatic heterocycles. The number of amides is 1. The quantitative estimate of drug-likeness (QED) is 0.820. The molecular formula is C19H18FN3OS. The molecular weight excluding hydrogens is 337 g/mol. The van der Waals surface area contributed by atoms with Gasteiger partial charge in [-0.2, -0.15) is 5.26 Å². The lowest BCUT2D eigenvalue weighted by Crippen LogP contribution is -2.12. The highest BCUT2D eigenvalue weighted by Crippen LogP contribution is 2.27. The number of anilines is 1. The molecule has 0 spiro atoms. The zero-order valence-corrected chi connectivity index (χ0v) is 14.5.